The highest BCUT2D eigenvalue weighted by Crippen LogP contribution is 2.26. The van der Waals surface area contributed by atoms with Crippen LogP contribution in [0.5, 0.6) is 0 Å². The van der Waals surface area contributed by atoms with E-state index in [9.17, 15) is 4.79 Å². The monoisotopic (exact) mass is 249 g/mol. The third-order valence-corrected chi connectivity index (χ3v) is 3.48. The van der Waals surface area contributed by atoms with Crippen molar-refractivity contribution < 1.29 is 0 Å². The van der Waals surface area contributed by atoms with E-state index in [0.717, 1.165) is 28.3 Å². The van der Waals surface area contributed by atoms with E-state index in [4.69, 9.17) is 0 Å². The van der Waals surface area contributed by atoms with Crippen LogP contribution in [0.2, 0.25) is 0 Å². The summed E-state index contributed by atoms with van der Waals surface area (Å²) in [5.74, 6) is 0. The lowest BCUT2D eigenvalue weighted by Gasteiger charge is -2.07. The Bertz CT molecular complexity index is 769. The zero-order valence-corrected chi connectivity index (χ0v) is 10.8. The topological polar surface area (TPSA) is 32.9 Å². The molecule has 1 aromatic heterocycles. The Morgan fingerprint density at radius 3 is 2.32 bits per heavy atom. The molecule has 0 amide bonds. The highest BCUT2D eigenvalue weighted by Gasteiger charge is 2.05. The van der Waals surface area contributed by atoms with Crippen LogP contribution in [0.1, 0.15) is 12.5 Å². The van der Waals surface area contributed by atoms with E-state index < -0.39 is 0 Å². The van der Waals surface area contributed by atoms with E-state index in [2.05, 4.69) is 36.2 Å². The van der Waals surface area contributed by atoms with Gasteiger partial charge in [-0.25, -0.2) is 0 Å². The first-order valence-electron chi connectivity index (χ1n) is 6.49. The first kappa shape index (κ1) is 11.7. The molecule has 0 saturated carbocycles. The van der Waals surface area contributed by atoms with Gasteiger partial charge in [0.25, 0.3) is 5.56 Å². The average molecular weight is 249 g/mol. The molecule has 3 rings (SSSR count). The van der Waals surface area contributed by atoms with Crippen molar-refractivity contribution in [1.29, 1.82) is 0 Å². The number of aryl methyl sites for hydroxylation is 1. The molecule has 2 heteroatoms. The zero-order valence-electron chi connectivity index (χ0n) is 10.8. The lowest BCUT2D eigenvalue weighted by atomic mass is 9.99. The van der Waals surface area contributed by atoms with E-state index in [1.807, 2.05) is 24.3 Å². The minimum Gasteiger partial charge on any atom is -0.328 e. The molecule has 2 nitrogen and oxygen atoms in total. The number of hydrogen-bond acceptors (Lipinski definition) is 1. The van der Waals surface area contributed by atoms with Crippen molar-refractivity contribution in [3.63, 3.8) is 0 Å². The molecule has 0 bridgehead atoms. The maximum Gasteiger partial charge on any atom is 0.255 e. The fourth-order valence-electron chi connectivity index (χ4n) is 2.37. The van der Waals surface area contributed by atoms with Crippen molar-refractivity contribution in [2.75, 3.05) is 0 Å². The van der Waals surface area contributed by atoms with Crippen molar-refractivity contribution >= 4 is 10.8 Å². The van der Waals surface area contributed by atoms with Crippen LogP contribution in [0.25, 0.3) is 21.9 Å². The van der Waals surface area contributed by atoms with Gasteiger partial charge in [-0.15, -0.1) is 0 Å². The van der Waals surface area contributed by atoms with Gasteiger partial charge >= 0.3 is 0 Å². The van der Waals surface area contributed by atoms with Crippen molar-refractivity contribution in [2.24, 2.45) is 0 Å². The summed E-state index contributed by atoms with van der Waals surface area (Å²) in [7, 11) is 0. The summed E-state index contributed by atoms with van der Waals surface area (Å²) >= 11 is 0. The molecule has 0 atom stereocenters. The molecule has 0 spiro atoms. The van der Waals surface area contributed by atoms with Gasteiger partial charge in [-0.1, -0.05) is 49.4 Å². The van der Waals surface area contributed by atoms with Gasteiger partial charge in [-0.2, -0.15) is 0 Å². The van der Waals surface area contributed by atoms with E-state index in [1.54, 1.807) is 6.20 Å². The predicted molar refractivity (Wildman–Crippen MR) is 79.4 cm³/mol. The molecule has 19 heavy (non-hydrogen) atoms. The van der Waals surface area contributed by atoms with Crippen LogP contribution in [0.3, 0.4) is 0 Å². The molecule has 1 N–H and O–H groups in total. The summed E-state index contributed by atoms with van der Waals surface area (Å²) in [5, 5.41) is 1.73. The highest BCUT2D eigenvalue weighted by molar-refractivity contribution is 5.95. The Hall–Kier alpha value is -2.35. The second-order valence-electron chi connectivity index (χ2n) is 4.63. The number of benzene rings is 2. The zero-order chi connectivity index (χ0) is 13.2. The minimum atomic E-state index is -0.0375. The lowest BCUT2D eigenvalue weighted by molar-refractivity contribution is 1.14. The Morgan fingerprint density at radius 2 is 1.63 bits per heavy atom. The molecule has 0 saturated heterocycles. The number of rotatable bonds is 2. The number of aromatic amines is 1. The third-order valence-electron chi connectivity index (χ3n) is 3.48. The Kier molecular flexibility index (Phi) is 2.92. The number of fused-ring (bicyclic) bond motifs is 1. The van der Waals surface area contributed by atoms with Gasteiger partial charge in [0.05, 0.1) is 0 Å². The largest absolute Gasteiger partial charge is 0.328 e. The Labute approximate surface area is 111 Å². The summed E-state index contributed by atoms with van der Waals surface area (Å²) in [5.41, 5.74) is 3.48. The second kappa shape index (κ2) is 4.73. The molecule has 0 aliphatic carbocycles. The lowest BCUT2D eigenvalue weighted by Crippen LogP contribution is -2.05. The van der Waals surface area contributed by atoms with Crippen molar-refractivity contribution in [3.8, 4) is 11.1 Å². The Balaban J connectivity index is 2.24. The maximum atomic E-state index is 11.8. The summed E-state index contributed by atoms with van der Waals surface area (Å²) < 4.78 is 0. The van der Waals surface area contributed by atoms with Crippen molar-refractivity contribution in [1.82, 2.24) is 4.98 Å². The molecule has 0 unspecified atom stereocenters. The van der Waals surface area contributed by atoms with Gasteiger partial charge in [0, 0.05) is 17.1 Å². The molecule has 0 fully saturated rings. The van der Waals surface area contributed by atoms with Gasteiger partial charge in [-0.05, 0) is 29.0 Å². The van der Waals surface area contributed by atoms with E-state index >= 15 is 0 Å². The molecular weight excluding hydrogens is 234 g/mol. The Morgan fingerprint density at radius 1 is 0.947 bits per heavy atom. The minimum absolute atomic E-state index is 0.0375. The fraction of sp³-hybridized carbons (Fsp3) is 0.118. The molecule has 94 valence electrons. The van der Waals surface area contributed by atoms with Gasteiger partial charge < -0.3 is 4.98 Å². The molecule has 3 aromatic rings. The summed E-state index contributed by atoms with van der Waals surface area (Å²) in [6.07, 6.45) is 2.83. The highest BCUT2D eigenvalue weighted by atomic mass is 16.1. The van der Waals surface area contributed by atoms with Crippen LogP contribution in [-0.4, -0.2) is 4.98 Å². The molecule has 0 aliphatic rings. The van der Waals surface area contributed by atoms with Crippen LogP contribution in [0, 0.1) is 0 Å². The van der Waals surface area contributed by atoms with E-state index in [0.29, 0.717) is 0 Å². The smallest absolute Gasteiger partial charge is 0.255 e. The number of nitrogens with one attached hydrogen (secondary N) is 1. The molecule has 2 aromatic carbocycles. The SMILES string of the molecule is CCc1ccc(-c2c[nH]c(=O)c3ccccc23)cc1. The van der Waals surface area contributed by atoms with Crippen molar-refractivity contribution in [3.05, 3.63) is 70.6 Å². The standard InChI is InChI=1S/C17H15NO/c1-2-12-7-9-13(10-8-12)16-11-18-17(19)15-6-4-3-5-14(15)16/h3-11H,2H2,1H3,(H,18,19). The van der Waals surface area contributed by atoms with Crippen LogP contribution in [-0.2, 0) is 6.42 Å². The van der Waals surface area contributed by atoms with Crippen LogP contribution in [0.4, 0.5) is 0 Å². The summed E-state index contributed by atoms with van der Waals surface area (Å²) in [6, 6.07) is 16.2. The first-order chi connectivity index (χ1) is 9.29. The number of hydrogen-bond donors (Lipinski definition) is 1. The molecular formula is C17H15NO. The first-order valence-corrected chi connectivity index (χ1v) is 6.49. The van der Waals surface area contributed by atoms with Crippen LogP contribution >= 0.6 is 0 Å². The molecule has 0 aliphatic heterocycles. The van der Waals surface area contributed by atoms with Gasteiger partial charge in [0.1, 0.15) is 0 Å². The third kappa shape index (κ3) is 2.06. The molecule has 1 heterocycles. The van der Waals surface area contributed by atoms with Crippen LogP contribution < -0.4 is 5.56 Å². The normalized spacial score (nSPS) is 10.8. The van der Waals surface area contributed by atoms with E-state index in [1.165, 1.54) is 5.56 Å². The number of H-pyrrole nitrogens is 1. The van der Waals surface area contributed by atoms with Gasteiger partial charge in [0.15, 0.2) is 0 Å². The summed E-state index contributed by atoms with van der Waals surface area (Å²) in [4.78, 5) is 14.6. The van der Waals surface area contributed by atoms with E-state index in [-0.39, 0.29) is 5.56 Å². The second-order valence-corrected chi connectivity index (χ2v) is 4.63. The number of aromatic nitrogens is 1. The maximum absolute atomic E-state index is 11.8. The summed E-state index contributed by atoms with van der Waals surface area (Å²) in [6.45, 7) is 2.14. The van der Waals surface area contributed by atoms with Gasteiger partial charge in [-0.3, -0.25) is 4.79 Å². The van der Waals surface area contributed by atoms with Crippen LogP contribution in [0.15, 0.2) is 59.5 Å². The fourth-order valence-corrected chi connectivity index (χ4v) is 2.37. The van der Waals surface area contributed by atoms with Crippen molar-refractivity contribution in [2.45, 2.75) is 13.3 Å². The van der Waals surface area contributed by atoms with Gasteiger partial charge in [0.2, 0.25) is 0 Å². The quantitative estimate of drug-likeness (QED) is 0.737. The number of pyridine rings is 1. The average Bonchev–Trinajstić information content (AvgIpc) is 2.48. The predicted octanol–water partition coefficient (Wildman–Crippen LogP) is 3.76. The molecule has 0 radical (unpaired) electrons.